The van der Waals surface area contributed by atoms with Crippen LogP contribution in [0.1, 0.15) is 73.1 Å². The van der Waals surface area contributed by atoms with E-state index in [-0.39, 0.29) is 26.3 Å². The first-order chi connectivity index (χ1) is 14.1. The fraction of sp³-hybridized carbons (Fsp3) is 0.652. The number of hydrogen-bond donors (Lipinski definition) is 4. The Morgan fingerprint density at radius 2 is 1.90 bits per heavy atom. The van der Waals surface area contributed by atoms with Crippen LogP contribution in [0, 0.1) is 5.92 Å². The third-order valence-electron chi connectivity index (χ3n) is 6.53. The van der Waals surface area contributed by atoms with E-state index in [1.54, 1.807) is 7.05 Å². The number of aliphatic hydroxyl groups excluding tert-OH is 1. The number of hydrogen-bond acceptors (Lipinski definition) is 6. The molecule has 4 rings (SSSR count). The van der Waals surface area contributed by atoms with Crippen LogP contribution in [0.15, 0.2) is 35.3 Å². The van der Waals surface area contributed by atoms with Crippen LogP contribution in [0.4, 0.5) is 0 Å². The SMILES string of the molecule is CC.CNC(O)NC1=NC2CC(c3ccccc3)CC(=O)C2C2(CCCCC2)N1.[HH].[HH]. The van der Waals surface area contributed by atoms with Gasteiger partial charge < -0.3 is 15.7 Å². The molecule has 2 fully saturated rings. The van der Waals surface area contributed by atoms with Crippen molar-refractivity contribution in [3.05, 3.63) is 35.9 Å². The number of nitrogens with zero attached hydrogens (tertiary/aromatic N) is 1. The molecule has 164 valence electrons. The predicted octanol–water partition coefficient (Wildman–Crippen LogP) is 3.38. The molecular weight excluding hydrogens is 364 g/mol. The largest absolute Gasteiger partial charge is 0.361 e. The van der Waals surface area contributed by atoms with E-state index < -0.39 is 6.35 Å². The molecule has 4 unspecified atom stereocenters. The number of guanidine groups is 1. The van der Waals surface area contributed by atoms with Crippen LogP contribution in [0.25, 0.3) is 0 Å². The van der Waals surface area contributed by atoms with Crippen molar-refractivity contribution in [2.45, 2.75) is 82.6 Å². The maximum atomic E-state index is 13.3. The highest BCUT2D eigenvalue weighted by molar-refractivity contribution is 5.90. The average molecular weight is 405 g/mol. The van der Waals surface area contributed by atoms with Gasteiger partial charge in [0.15, 0.2) is 12.3 Å². The van der Waals surface area contributed by atoms with Gasteiger partial charge in [0.25, 0.3) is 0 Å². The van der Waals surface area contributed by atoms with Crippen LogP contribution in [-0.2, 0) is 4.79 Å². The molecule has 2 saturated carbocycles. The molecule has 0 bridgehead atoms. The maximum absolute atomic E-state index is 13.3. The molecule has 0 radical (unpaired) electrons. The highest BCUT2D eigenvalue weighted by atomic mass is 16.3. The Labute approximate surface area is 177 Å². The van der Waals surface area contributed by atoms with Crippen LogP contribution in [0.5, 0.6) is 0 Å². The first-order valence-corrected chi connectivity index (χ1v) is 11.2. The third-order valence-corrected chi connectivity index (χ3v) is 6.53. The highest BCUT2D eigenvalue weighted by Crippen LogP contribution is 2.46. The second kappa shape index (κ2) is 9.72. The van der Waals surface area contributed by atoms with Gasteiger partial charge in [-0.1, -0.05) is 63.4 Å². The predicted molar refractivity (Wildman–Crippen MR) is 121 cm³/mol. The molecule has 29 heavy (non-hydrogen) atoms. The van der Waals surface area contributed by atoms with Gasteiger partial charge in [-0.3, -0.25) is 10.1 Å². The Balaban J connectivity index is 0.00000117. The second-order valence-corrected chi connectivity index (χ2v) is 8.21. The summed E-state index contributed by atoms with van der Waals surface area (Å²) < 4.78 is 0. The summed E-state index contributed by atoms with van der Waals surface area (Å²) in [6, 6.07) is 10.3. The molecule has 0 aromatic heterocycles. The van der Waals surface area contributed by atoms with E-state index in [1.807, 2.05) is 32.0 Å². The van der Waals surface area contributed by atoms with Crippen molar-refractivity contribution < 1.29 is 12.8 Å². The molecular formula is C23H40N4O2. The van der Waals surface area contributed by atoms with Gasteiger partial charge >= 0.3 is 0 Å². The molecule has 6 heteroatoms. The molecule has 1 spiro atoms. The lowest BCUT2D eigenvalue weighted by Gasteiger charge is -2.51. The number of nitrogens with one attached hydrogen (secondary N) is 3. The third kappa shape index (κ3) is 4.64. The Bertz CT molecular complexity index is 711. The van der Waals surface area contributed by atoms with Gasteiger partial charge in [-0.05, 0) is 37.8 Å². The van der Waals surface area contributed by atoms with E-state index in [0.717, 1.165) is 32.1 Å². The number of rotatable bonds is 3. The first kappa shape index (κ1) is 21.8. The molecule has 2 aliphatic carbocycles. The van der Waals surface area contributed by atoms with Crippen molar-refractivity contribution >= 4 is 11.7 Å². The van der Waals surface area contributed by atoms with Crippen LogP contribution < -0.4 is 16.0 Å². The number of carbonyl (C=O) groups excluding carboxylic acids is 1. The Morgan fingerprint density at radius 3 is 2.55 bits per heavy atom. The lowest BCUT2D eigenvalue weighted by Crippen LogP contribution is -2.68. The van der Waals surface area contributed by atoms with Crippen LogP contribution in [0.3, 0.4) is 0 Å². The van der Waals surface area contributed by atoms with E-state index in [2.05, 4.69) is 28.1 Å². The average Bonchev–Trinajstić information content (AvgIpc) is 2.75. The zero-order chi connectivity index (χ0) is 20.9. The summed E-state index contributed by atoms with van der Waals surface area (Å²) in [5.41, 5.74) is 1.000. The molecule has 1 aromatic carbocycles. The Hall–Kier alpha value is -1.92. The first-order valence-electron chi connectivity index (χ1n) is 11.2. The molecule has 1 aliphatic heterocycles. The van der Waals surface area contributed by atoms with Gasteiger partial charge in [0.05, 0.1) is 17.5 Å². The molecule has 0 saturated heterocycles. The summed E-state index contributed by atoms with van der Waals surface area (Å²) >= 11 is 0. The summed E-state index contributed by atoms with van der Waals surface area (Å²) in [6.45, 7) is 4.00. The number of Topliss-reactive ketones (excluding diaryl/α,β-unsaturated/α-hetero) is 1. The van der Waals surface area contributed by atoms with E-state index in [0.29, 0.717) is 18.2 Å². The van der Waals surface area contributed by atoms with Gasteiger partial charge in [-0.25, -0.2) is 4.99 Å². The summed E-state index contributed by atoms with van der Waals surface area (Å²) in [6.07, 6.45) is 6.09. The summed E-state index contributed by atoms with van der Waals surface area (Å²) in [5.74, 6) is 1.11. The smallest absolute Gasteiger partial charge is 0.195 e. The van der Waals surface area contributed by atoms with E-state index in [1.165, 1.54) is 12.0 Å². The Kier molecular flexibility index (Phi) is 7.30. The normalized spacial score (nSPS) is 28.9. The fourth-order valence-electron chi connectivity index (χ4n) is 5.28. The van der Waals surface area contributed by atoms with E-state index in [9.17, 15) is 9.90 Å². The van der Waals surface area contributed by atoms with Crippen LogP contribution in [0.2, 0.25) is 0 Å². The van der Waals surface area contributed by atoms with Crippen molar-refractivity contribution in [1.82, 2.24) is 16.0 Å². The van der Waals surface area contributed by atoms with Crippen molar-refractivity contribution in [2.75, 3.05) is 7.05 Å². The molecule has 4 atom stereocenters. The standard InChI is InChI=1S/C21H30N4O2.C2H6.2H2/c1-22-20(27)24-19-23-16-12-15(14-8-4-2-5-9-14)13-17(26)18(16)21(25-19)10-6-3-7-11-21;1-2;;/h2,4-5,8-9,15-16,18,20,22,27H,3,6-7,10-13H2,1H3,(H2,23,24,25);1-2H3;2*1H. The zero-order valence-electron chi connectivity index (χ0n) is 17.9. The van der Waals surface area contributed by atoms with Gasteiger partial charge in [0, 0.05) is 9.27 Å². The minimum atomic E-state index is -0.863. The summed E-state index contributed by atoms with van der Waals surface area (Å²) in [5, 5.41) is 19.3. The van der Waals surface area contributed by atoms with E-state index in [4.69, 9.17) is 4.99 Å². The molecule has 6 nitrogen and oxygen atoms in total. The van der Waals surface area contributed by atoms with Crippen molar-refractivity contribution in [2.24, 2.45) is 10.9 Å². The topological polar surface area (TPSA) is 85.8 Å². The number of benzene rings is 1. The number of ketones is 1. The van der Waals surface area contributed by atoms with Crippen molar-refractivity contribution in [1.29, 1.82) is 0 Å². The molecule has 4 N–H and O–H groups in total. The number of aliphatic imine (C=N–C) groups is 1. The monoisotopic (exact) mass is 404 g/mol. The fourth-order valence-corrected chi connectivity index (χ4v) is 5.28. The van der Waals surface area contributed by atoms with Crippen LogP contribution in [-0.4, -0.2) is 41.8 Å². The second-order valence-electron chi connectivity index (χ2n) is 8.21. The Morgan fingerprint density at radius 1 is 1.21 bits per heavy atom. The summed E-state index contributed by atoms with van der Waals surface area (Å²) in [7, 11) is 1.69. The molecule has 0 amide bonds. The quantitative estimate of drug-likeness (QED) is 0.580. The van der Waals surface area contributed by atoms with Crippen molar-refractivity contribution in [3.63, 3.8) is 0 Å². The number of carbonyl (C=O) groups is 1. The van der Waals surface area contributed by atoms with Gasteiger partial charge in [0.2, 0.25) is 0 Å². The maximum Gasteiger partial charge on any atom is 0.195 e. The summed E-state index contributed by atoms with van der Waals surface area (Å²) in [4.78, 5) is 18.1. The van der Waals surface area contributed by atoms with Gasteiger partial charge in [0.1, 0.15) is 5.78 Å². The molecule has 1 aromatic rings. The minimum Gasteiger partial charge on any atom is -0.361 e. The van der Waals surface area contributed by atoms with Gasteiger partial charge in [-0.2, -0.15) is 0 Å². The van der Waals surface area contributed by atoms with Crippen molar-refractivity contribution in [3.8, 4) is 0 Å². The zero-order valence-corrected chi connectivity index (χ0v) is 17.9. The van der Waals surface area contributed by atoms with E-state index >= 15 is 0 Å². The lowest BCUT2D eigenvalue weighted by molar-refractivity contribution is -0.130. The lowest BCUT2D eigenvalue weighted by atomic mass is 9.62. The minimum absolute atomic E-state index is 0. The number of fused-ring (bicyclic) bond motifs is 2. The molecule has 1 heterocycles. The van der Waals surface area contributed by atoms with Gasteiger partial charge in [-0.15, -0.1) is 0 Å². The highest BCUT2D eigenvalue weighted by Gasteiger charge is 2.53. The molecule has 3 aliphatic rings. The van der Waals surface area contributed by atoms with Crippen LogP contribution >= 0.6 is 0 Å². The number of aliphatic hydroxyl groups is 1.